The van der Waals surface area contributed by atoms with E-state index < -0.39 is 0 Å². The maximum absolute atomic E-state index is 6.88. The maximum atomic E-state index is 6.88. The normalized spacial score (nSPS) is 45.4. The molecule has 4 aliphatic rings. The standard InChI is InChI=1S/C16H20ClN/c17-16-8-11-5-12(9-16)7-15(6-11,10-16)13-1-3-14(18)4-2-13/h1-4,11-12H,5-10,18H2/t11-,12+,15?,16?. The lowest BCUT2D eigenvalue weighted by Gasteiger charge is -2.60. The molecule has 4 aliphatic carbocycles. The summed E-state index contributed by atoms with van der Waals surface area (Å²) in [7, 11) is 0. The number of hydrogen-bond donors (Lipinski definition) is 1. The van der Waals surface area contributed by atoms with E-state index in [-0.39, 0.29) is 4.87 Å². The van der Waals surface area contributed by atoms with Crippen molar-refractivity contribution in [1.82, 2.24) is 0 Å². The highest BCUT2D eigenvalue weighted by atomic mass is 35.5. The highest BCUT2D eigenvalue weighted by Gasteiger charge is 2.57. The van der Waals surface area contributed by atoms with Gasteiger partial charge in [0.1, 0.15) is 0 Å². The van der Waals surface area contributed by atoms with Gasteiger partial charge in [-0.2, -0.15) is 0 Å². The highest BCUT2D eigenvalue weighted by Crippen LogP contribution is 2.64. The molecular formula is C16H20ClN. The molecule has 0 aliphatic heterocycles. The number of anilines is 1. The fourth-order valence-electron chi connectivity index (χ4n) is 5.33. The van der Waals surface area contributed by atoms with Crippen molar-refractivity contribution in [3.8, 4) is 0 Å². The summed E-state index contributed by atoms with van der Waals surface area (Å²) in [6.07, 6.45) is 7.80. The average molecular weight is 262 g/mol. The fraction of sp³-hybridized carbons (Fsp3) is 0.625. The summed E-state index contributed by atoms with van der Waals surface area (Å²) in [6, 6.07) is 8.58. The average Bonchev–Trinajstić information content (AvgIpc) is 2.26. The Bertz CT molecular complexity index is 464. The van der Waals surface area contributed by atoms with Crippen molar-refractivity contribution in [2.45, 2.75) is 48.8 Å². The fourth-order valence-corrected chi connectivity index (χ4v) is 6.02. The van der Waals surface area contributed by atoms with Crippen LogP contribution in [0.4, 0.5) is 5.69 Å². The van der Waals surface area contributed by atoms with E-state index in [2.05, 4.69) is 24.3 Å². The third-order valence-electron chi connectivity index (χ3n) is 5.51. The minimum Gasteiger partial charge on any atom is -0.399 e. The molecule has 0 amide bonds. The predicted molar refractivity (Wildman–Crippen MR) is 75.8 cm³/mol. The van der Waals surface area contributed by atoms with Crippen LogP contribution < -0.4 is 5.73 Å². The zero-order chi connectivity index (χ0) is 12.4. The van der Waals surface area contributed by atoms with Crippen molar-refractivity contribution in [3.05, 3.63) is 29.8 Å². The van der Waals surface area contributed by atoms with Crippen LogP contribution >= 0.6 is 11.6 Å². The molecule has 96 valence electrons. The predicted octanol–water partition coefficient (Wildman–Crippen LogP) is 4.10. The second-order valence-electron chi connectivity index (χ2n) is 7.01. The molecule has 0 radical (unpaired) electrons. The summed E-state index contributed by atoms with van der Waals surface area (Å²) in [6.45, 7) is 0. The first-order valence-corrected chi connectivity index (χ1v) is 7.50. The van der Waals surface area contributed by atoms with Gasteiger partial charge in [0.2, 0.25) is 0 Å². The highest BCUT2D eigenvalue weighted by molar-refractivity contribution is 6.24. The van der Waals surface area contributed by atoms with E-state index in [1.807, 2.05) is 0 Å². The number of rotatable bonds is 1. The van der Waals surface area contributed by atoms with Crippen molar-refractivity contribution in [1.29, 1.82) is 0 Å². The molecule has 2 N–H and O–H groups in total. The lowest BCUT2D eigenvalue weighted by molar-refractivity contribution is 0.00900. The molecule has 4 fully saturated rings. The number of halogens is 1. The van der Waals surface area contributed by atoms with Crippen LogP contribution in [0.25, 0.3) is 0 Å². The summed E-state index contributed by atoms with van der Waals surface area (Å²) in [4.78, 5) is 0.103. The van der Waals surface area contributed by atoms with Crippen molar-refractivity contribution < 1.29 is 0 Å². The zero-order valence-electron chi connectivity index (χ0n) is 10.7. The molecule has 4 bridgehead atoms. The Morgan fingerprint density at radius 2 is 1.61 bits per heavy atom. The van der Waals surface area contributed by atoms with E-state index in [9.17, 15) is 0 Å². The lowest BCUT2D eigenvalue weighted by Crippen LogP contribution is -2.55. The van der Waals surface area contributed by atoms with Crippen molar-refractivity contribution in [3.63, 3.8) is 0 Å². The minimum atomic E-state index is 0.103. The smallest absolute Gasteiger partial charge is 0.0460 e. The van der Waals surface area contributed by atoms with Gasteiger partial charge in [0, 0.05) is 10.6 Å². The molecule has 1 aromatic rings. The molecule has 4 saturated carbocycles. The maximum Gasteiger partial charge on any atom is 0.0460 e. The van der Waals surface area contributed by atoms with E-state index in [1.165, 1.54) is 44.1 Å². The summed E-state index contributed by atoms with van der Waals surface area (Å²) in [5.74, 6) is 1.72. The van der Waals surface area contributed by atoms with Gasteiger partial charge in [-0.3, -0.25) is 0 Å². The van der Waals surface area contributed by atoms with Crippen molar-refractivity contribution >= 4 is 17.3 Å². The van der Waals surface area contributed by atoms with Crippen molar-refractivity contribution in [2.24, 2.45) is 11.8 Å². The van der Waals surface area contributed by atoms with E-state index in [1.54, 1.807) is 0 Å². The number of nitrogens with two attached hydrogens (primary N) is 1. The van der Waals surface area contributed by atoms with Crippen molar-refractivity contribution in [2.75, 3.05) is 5.73 Å². The van der Waals surface area contributed by atoms with Crippen LogP contribution in [-0.2, 0) is 5.41 Å². The van der Waals surface area contributed by atoms with Gasteiger partial charge in [-0.05, 0) is 73.5 Å². The molecule has 2 heteroatoms. The Balaban J connectivity index is 1.77. The Morgan fingerprint density at radius 3 is 2.17 bits per heavy atom. The van der Waals surface area contributed by atoms with Gasteiger partial charge >= 0.3 is 0 Å². The molecule has 0 saturated heterocycles. The third-order valence-corrected chi connectivity index (χ3v) is 5.95. The first-order chi connectivity index (χ1) is 8.57. The third kappa shape index (κ3) is 1.53. The summed E-state index contributed by atoms with van der Waals surface area (Å²) in [5, 5.41) is 0. The van der Waals surface area contributed by atoms with Crippen LogP contribution in [0.2, 0.25) is 0 Å². The number of benzene rings is 1. The van der Waals surface area contributed by atoms with Gasteiger partial charge in [0.25, 0.3) is 0 Å². The Kier molecular flexibility index (Phi) is 2.14. The summed E-state index contributed by atoms with van der Waals surface area (Å²) in [5.41, 5.74) is 8.53. The molecule has 0 aromatic heterocycles. The molecule has 0 heterocycles. The second kappa shape index (κ2) is 3.45. The van der Waals surface area contributed by atoms with Gasteiger partial charge in [-0.25, -0.2) is 0 Å². The molecular weight excluding hydrogens is 242 g/mol. The molecule has 18 heavy (non-hydrogen) atoms. The van der Waals surface area contributed by atoms with Gasteiger partial charge in [0.15, 0.2) is 0 Å². The first-order valence-electron chi connectivity index (χ1n) is 7.12. The van der Waals surface area contributed by atoms with Crippen LogP contribution in [0, 0.1) is 11.8 Å². The summed E-state index contributed by atoms with van der Waals surface area (Å²) >= 11 is 6.88. The van der Waals surface area contributed by atoms with E-state index in [0.717, 1.165) is 17.5 Å². The molecule has 5 rings (SSSR count). The Labute approximate surface area is 114 Å². The quantitative estimate of drug-likeness (QED) is 0.598. The van der Waals surface area contributed by atoms with Crippen LogP contribution in [0.3, 0.4) is 0 Å². The number of alkyl halides is 1. The van der Waals surface area contributed by atoms with Gasteiger partial charge in [-0.15, -0.1) is 11.6 Å². The number of hydrogen-bond acceptors (Lipinski definition) is 1. The van der Waals surface area contributed by atoms with E-state index in [0.29, 0.717) is 5.41 Å². The van der Waals surface area contributed by atoms with Crippen LogP contribution in [-0.4, -0.2) is 4.87 Å². The Hall–Kier alpha value is -0.690. The first kappa shape index (κ1) is 11.2. The van der Waals surface area contributed by atoms with E-state index in [4.69, 9.17) is 17.3 Å². The largest absolute Gasteiger partial charge is 0.399 e. The molecule has 1 nitrogen and oxygen atoms in total. The van der Waals surface area contributed by atoms with Crippen LogP contribution in [0.15, 0.2) is 24.3 Å². The second-order valence-corrected chi connectivity index (χ2v) is 7.82. The zero-order valence-corrected chi connectivity index (χ0v) is 11.4. The van der Waals surface area contributed by atoms with Gasteiger partial charge < -0.3 is 5.73 Å². The Morgan fingerprint density at radius 1 is 1.00 bits per heavy atom. The molecule has 4 atom stereocenters. The monoisotopic (exact) mass is 261 g/mol. The topological polar surface area (TPSA) is 26.0 Å². The summed E-state index contributed by atoms with van der Waals surface area (Å²) < 4.78 is 0. The van der Waals surface area contributed by atoms with Gasteiger partial charge in [0.05, 0.1) is 0 Å². The molecule has 0 spiro atoms. The van der Waals surface area contributed by atoms with Crippen LogP contribution in [0.5, 0.6) is 0 Å². The molecule has 2 unspecified atom stereocenters. The van der Waals surface area contributed by atoms with Gasteiger partial charge in [-0.1, -0.05) is 12.1 Å². The number of nitrogen functional groups attached to an aromatic ring is 1. The SMILES string of the molecule is Nc1ccc(C23C[C@@H]4C[C@@H](CC(Cl)(C4)C2)C3)cc1. The minimum absolute atomic E-state index is 0.103. The lowest BCUT2D eigenvalue weighted by atomic mass is 9.47. The van der Waals surface area contributed by atoms with Crippen LogP contribution in [0.1, 0.15) is 44.1 Å². The molecule has 1 aromatic carbocycles. The van der Waals surface area contributed by atoms with E-state index >= 15 is 0 Å².